The average molecular weight is 317 g/mol. The highest BCUT2D eigenvalue weighted by atomic mass is 32.2. The number of rotatable bonds is 8. The number of hydrogen-bond acceptors (Lipinski definition) is 4. The highest BCUT2D eigenvalue weighted by Crippen LogP contribution is 2.23. The van der Waals surface area contributed by atoms with Gasteiger partial charge >= 0.3 is 0 Å². The number of pyridine rings is 1. The Kier molecular flexibility index (Phi) is 6.59. The van der Waals surface area contributed by atoms with Gasteiger partial charge < -0.3 is 9.47 Å². The highest BCUT2D eigenvalue weighted by molar-refractivity contribution is 7.99. The van der Waals surface area contributed by atoms with Gasteiger partial charge in [-0.3, -0.25) is 0 Å². The zero-order chi connectivity index (χ0) is 15.8. The second kappa shape index (κ2) is 8.69. The Morgan fingerprint density at radius 1 is 1.05 bits per heavy atom. The van der Waals surface area contributed by atoms with E-state index in [1.54, 1.807) is 11.8 Å². The van der Waals surface area contributed by atoms with Crippen LogP contribution in [0.2, 0.25) is 0 Å². The fourth-order valence-corrected chi connectivity index (χ4v) is 2.63. The van der Waals surface area contributed by atoms with Gasteiger partial charge in [0.15, 0.2) is 0 Å². The Bertz CT molecular complexity index is 545. The van der Waals surface area contributed by atoms with Crippen molar-refractivity contribution in [3.05, 3.63) is 48.7 Å². The molecule has 0 fully saturated rings. The van der Waals surface area contributed by atoms with Crippen molar-refractivity contribution >= 4 is 11.8 Å². The molecule has 22 heavy (non-hydrogen) atoms. The van der Waals surface area contributed by atoms with Gasteiger partial charge in [-0.25, -0.2) is 4.98 Å². The Morgan fingerprint density at radius 2 is 1.77 bits per heavy atom. The van der Waals surface area contributed by atoms with Crippen molar-refractivity contribution in [1.82, 2.24) is 4.98 Å². The number of ether oxygens (including phenoxy) is 2. The van der Waals surface area contributed by atoms with Crippen molar-refractivity contribution in [3.63, 3.8) is 0 Å². The van der Waals surface area contributed by atoms with Crippen LogP contribution in [0.25, 0.3) is 0 Å². The van der Waals surface area contributed by atoms with Crippen LogP contribution in [0, 0.1) is 0 Å². The number of nitrogens with zero attached hydrogens (tertiary/aromatic N) is 1. The number of benzene rings is 1. The van der Waals surface area contributed by atoms with E-state index in [0.29, 0.717) is 11.9 Å². The molecule has 0 aliphatic carbocycles. The number of thioether (sulfide) groups is 1. The molecule has 0 amide bonds. The van der Waals surface area contributed by atoms with Crippen LogP contribution in [0.15, 0.2) is 53.7 Å². The van der Waals surface area contributed by atoms with Gasteiger partial charge in [0.25, 0.3) is 0 Å². The maximum absolute atomic E-state index is 5.82. The van der Waals surface area contributed by atoms with Gasteiger partial charge in [0.2, 0.25) is 0 Å². The van der Waals surface area contributed by atoms with E-state index < -0.39 is 0 Å². The molecule has 0 radical (unpaired) electrons. The maximum atomic E-state index is 5.82. The minimum atomic E-state index is 0.238. The average Bonchev–Trinajstić information content (AvgIpc) is 2.55. The lowest BCUT2D eigenvalue weighted by atomic mass is 10.3. The zero-order valence-electron chi connectivity index (χ0n) is 13.4. The summed E-state index contributed by atoms with van der Waals surface area (Å²) in [5.74, 6) is 1.75. The molecule has 0 aliphatic rings. The zero-order valence-corrected chi connectivity index (χ0v) is 14.2. The van der Waals surface area contributed by atoms with Crippen LogP contribution in [0.4, 0.5) is 0 Å². The molecule has 0 bridgehead atoms. The standard InChI is InChI=1S/C18H23NO2S/c1-4-14(2)21-17-10-8-16(9-11-17)20-13-15(3)22-18-7-5-6-12-19-18/h5-12,14-15H,4,13H2,1-3H3. The van der Waals surface area contributed by atoms with E-state index in [0.717, 1.165) is 22.9 Å². The largest absolute Gasteiger partial charge is 0.492 e. The first-order valence-electron chi connectivity index (χ1n) is 7.64. The normalized spacial score (nSPS) is 13.4. The van der Waals surface area contributed by atoms with E-state index in [4.69, 9.17) is 9.47 Å². The molecule has 4 heteroatoms. The molecule has 2 aromatic rings. The Balaban J connectivity index is 1.79. The molecule has 1 aromatic heterocycles. The van der Waals surface area contributed by atoms with Gasteiger partial charge in [-0.2, -0.15) is 0 Å². The highest BCUT2D eigenvalue weighted by Gasteiger charge is 2.07. The first-order chi connectivity index (χ1) is 10.7. The fourth-order valence-electron chi connectivity index (χ4n) is 1.80. The Hall–Kier alpha value is -1.68. The summed E-state index contributed by atoms with van der Waals surface area (Å²) in [6, 6.07) is 13.8. The third-order valence-electron chi connectivity index (χ3n) is 3.18. The number of hydrogen-bond donors (Lipinski definition) is 0. The third kappa shape index (κ3) is 5.60. The molecule has 0 aliphatic heterocycles. The first kappa shape index (κ1) is 16.7. The van der Waals surface area contributed by atoms with E-state index in [9.17, 15) is 0 Å². The molecule has 0 spiro atoms. The Labute approximate surface area is 137 Å². The lowest BCUT2D eigenvalue weighted by Crippen LogP contribution is -2.11. The smallest absolute Gasteiger partial charge is 0.119 e. The molecule has 0 N–H and O–H groups in total. The van der Waals surface area contributed by atoms with E-state index >= 15 is 0 Å². The van der Waals surface area contributed by atoms with Crippen molar-refractivity contribution in [3.8, 4) is 11.5 Å². The lowest BCUT2D eigenvalue weighted by molar-refractivity contribution is 0.217. The predicted molar refractivity (Wildman–Crippen MR) is 91.9 cm³/mol. The second-order valence-electron chi connectivity index (χ2n) is 5.22. The summed E-state index contributed by atoms with van der Waals surface area (Å²) >= 11 is 1.72. The van der Waals surface area contributed by atoms with Crippen LogP contribution in [-0.2, 0) is 0 Å². The Morgan fingerprint density at radius 3 is 2.41 bits per heavy atom. The summed E-state index contributed by atoms with van der Waals surface area (Å²) in [6.45, 7) is 6.97. The monoisotopic (exact) mass is 317 g/mol. The van der Waals surface area contributed by atoms with Gasteiger partial charge in [-0.05, 0) is 56.7 Å². The van der Waals surface area contributed by atoms with E-state index in [1.165, 1.54) is 0 Å². The van der Waals surface area contributed by atoms with Gasteiger partial charge in [-0.1, -0.05) is 24.8 Å². The van der Waals surface area contributed by atoms with Gasteiger partial charge in [0.1, 0.15) is 18.1 Å². The van der Waals surface area contributed by atoms with Crippen molar-refractivity contribution in [2.24, 2.45) is 0 Å². The van der Waals surface area contributed by atoms with Crippen molar-refractivity contribution in [1.29, 1.82) is 0 Å². The number of aromatic nitrogens is 1. The molecule has 2 rings (SSSR count). The summed E-state index contributed by atoms with van der Waals surface area (Å²) in [6.07, 6.45) is 3.05. The van der Waals surface area contributed by atoms with Crippen LogP contribution >= 0.6 is 11.8 Å². The summed E-state index contributed by atoms with van der Waals surface area (Å²) in [5, 5.41) is 1.36. The molecule has 0 saturated heterocycles. The molecule has 2 atom stereocenters. The molecule has 2 unspecified atom stereocenters. The van der Waals surface area contributed by atoms with Gasteiger partial charge in [0.05, 0.1) is 11.1 Å². The molecule has 1 aromatic carbocycles. The van der Waals surface area contributed by atoms with E-state index in [-0.39, 0.29) is 6.10 Å². The first-order valence-corrected chi connectivity index (χ1v) is 8.52. The van der Waals surface area contributed by atoms with E-state index in [1.807, 2.05) is 48.7 Å². The molecule has 118 valence electrons. The quantitative estimate of drug-likeness (QED) is 0.653. The topological polar surface area (TPSA) is 31.4 Å². The summed E-state index contributed by atoms with van der Waals surface area (Å²) in [5.41, 5.74) is 0. The van der Waals surface area contributed by atoms with Crippen LogP contribution in [0.3, 0.4) is 0 Å². The molecule has 0 saturated carbocycles. The minimum Gasteiger partial charge on any atom is -0.492 e. The van der Waals surface area contributed by atoms with Gasteiger partial charge in [-0.15, -0.1) is 0 Å². The SMILES string of the molecule is CCC(C)Oc1ccc(OCC(C)Sc2ccccn2)cc1. The third-order valence-corrected chi connectivity index (χ3v) is 4.20. The lowest BCUT2D eigenvalue weighted by Gasteiger charge is -2.14. The summed E-state index contributed by atoms with van der Waals surface area (Å²) in [7, 11) is 0. The summed E-state index contributed by atoms with van der Waals surface area (Å²) < 4.78 is 11.6. The van der Waals surface area contributed by atoms with Crippen molar-refractivity contribution in [2.45, 2.75) is 43.6 Å². The van der Waals surface area contributed by atoms with E-state index in [2.05, 4.69) is 25.8 Å². The fraction of sp³-hybridized carbons (Fsp3) is 0.389. The van der Waals surface area contributed by atoms with Crippen LogP contribution in [0.1, 0.15) is 27.2 Å². The molecular weight excluding hydrogens is 294 g/mol. The van der Waals surface area contributed by atoms with Crippen LogP contribution in [0.5, 0.6) is 11.5 Å². The van der Waals surface area contributed by atoms with Gasteiger partial charge in [0, 0.05) is 11.4 Å². The van der Waals surface area contributed by atoms with Crippen molar-refractivity contribution in [2.75, 3.05) is 6.61 Å². The molecule has 1 heterocycles. The molecule has 3 nitrogen and oxygen atoms in total. The second-order valence-corrected chi connectivity index (χ2v) is 6.67. The van der Waals surface area contributed by atoms with Crippen LogP contribution < -0.4 is 9.47 Å². The van der Waals surface area contributed by atoms with Crippen molar-refractivity contribution < 1.29 is 9.47 Å². The predicted octanol–water partition coefficient (Wildman–Crippen LogP) is 4.82. The van der Waals surface area contributed by atoms with Crippen LogP contribution in [-0.4, -0.2) is 22.9 Å². The summed E-state index contributed by atoms with van der Waals surface area (Å²) in [4.78, 5) is 4.31. The maximum Gasteiger partial charge on any atom is 0.119 e. The molecular formula is C18H23NO2S. The minimum absolute atomic E-state index is 0.238.